The molecule has 1 unspecified atom stereocenters. The summed E-state index contributed by atoms with van der Waals surface area (Å²) in [6.45, 7) is 4.14. The van der Waals surface area contributed by atoms with Gasteiger partial charge in [0.2, 0.25) is 5.91 Å². The maximum absolute atomic E-state index is 13.5. The number of rotatable bonds is 8. The minimum absolute atomic E-state index is 0.0866. The Labute approximate surface area is 250 Å². The molecule has 1 saturated heterocycles. The number of carbonyl (C=O) groups excluding carboxylic acids is 3. The number of furan rings is 1. The number of ether oxygens (including phenoxy) is 1. The van der Waals surface area contributed by atoms with Gasteiger partial charge in [-0.15, -0.1) is 0 Å². The van der Waals surface area contributed by atoms with E-state index < -0.39 is 15.6 Å². The van der Waals surface area contributed by atoms with Crippen molar-refractivity contribution in [2.75, 3.05) is 37.9 Å². The van der Waals surface area contributed by atoms with Crippen molar-refractivity contribution in [1.29, 1.82) is 0 Å². The molecule has 0 bridgehead atoms. The van der Waals surface area contributed by atoms with Crippen LogP contribution in [0.2, 0.25) is 0 Å². The van der Waals surface area contributed by atoms with E-state index in [9.17, 15) is 18.6 Å². The zero-order chi connectivity index (χ0) is 30.4. The smallest absolute Gasteiger partial charge is 0.291 e. The summed E-state index contributed by atoms with van der Waals surface area (Å²) in [4.78, 5) is 44.5. The van der Waals surface area contributed by atoms with Crippen LogP contribution in [0.1, 0.15) is 38.5 Å². The van der Waals surface area contributed by atoms with E-state index >= 15 is 0 Å². The van der Waals surface area contributed by atoms with Gasteiger partial charge in [0.15, 0.2) is 5.76 Å². The van der Waals surface area contributed by atoms with E-state index in [2.05, 4.69) is 14.7 Å². The van der Waals surface area contributed by atoms with Gasteiger partial charge in [0.05, 0.1) is 34.8 Å². The molecule has 5 rings (SSSR count). The van der Waals surface area contributed by atoms with Gasteiger partial charge in [-0.3, -0.25) is 19.4 Å². The summed E-state index contributed by atoms with van der Waals surface area (Å²) in [5.41, 5.74) is 3.74. The lowest BCUT2D eigenvalue weighted by molar-refractivity contribution is -0.135. The molecule has 1 fully saturated rings. The molecule has 3 heterocycles. The Bertz CT molecular complexity index is 1770. The number of carbonyl (C=O) groups is 3. The van der Waals surface area contributed by atoms with Crippen LogP contribution in [0.3, 0.4) is 0 Å². The van der Waals surface area contributed by atoms with Gasteiger partial charge >= 0.3 is 0 Å². The normalized spacial score (nSPS) is 14.5. The average molecular weight is 601 g/mol. The quantitative estimate of drug-likeness (QED) is 0.301. The van der Waals surface area contributed by atoms with E-state index in [0.717, 1.165) is 16.7 Å². The Morgan fingerprint density at radius 1 is 1.00 bits per heavy atom. The number of benzene rings is 2. The third-order valence-corrected chi connectivity index (χ3v) is 8.78. The molecule has 0 spiro atoms. The van der Waals surface area contributed by atoms with Crippen LogP contribution in [-0.2, 0) is 25.7 Å². The van der Waals surface area contributed by atoms with Gasteiger partial charge in [-0.1, -0.05) is 24.3 Å². The predicted octanol–water partition coefficient (Wildman–Crippen LogP) is 4.99. The molecular formula is C32H32N4O6S. The van der Waals surface area contributed by atoms with Crippen molar-refractivity contribution in [3.05, 3.63) is 102 Å². The Balaban J connectivity index is 1.26. The van der Waals surface area contributed by atoms with E-state index in [1.807, 2.05) is 23.1 Å². The minimum Gasteiger partial charge on any atom is -0.459 e. The molecule has 43 heavy (non-hydrogen) atoms. The van der Waals surface area contributed by atoms with Crippen LogP contribution in [0.15, 0.2) is 93.0 Å². The molecule has 1 atom stereocenters. The first-order valence-electron chi connectivity index (χ1n) is 13.8. The molecule has 0 aliphatic carbocycles. The maximum Gasteiger partial charge on any atom is 0.291 e. The van der Waals surface area contributed by atoms with Crippen molar-refractivity contribution in [1.82, 2.24) is 9.88 Å². The molecule has 1 aliphatic rings. The van der Waals surface area contributed by atoms with Crippen LogP contribution < -0.4 is 5.32 Å². The van der Waals surface area contributed by atoms with Crippen molar-refractivity contribution in [2.24, 2.45) is 4.36 Å². The molecule has 0 radical (unpaired) electrons. The molecule has 1 aliphatic heterocycles. The van der Waals surface area contributed by atoms with Crippen LogP contribution in [0.25, 0.3) is 11.1 Å². The van der Waals surface area contributed by atoms with Crippen LogP contribution >= 0.6 is 0 Å². The van der Waals surface area contributed by atoms with Gasteiger partial charge in [-0.05, 0) is 60.9 Å². The summed E-state index contributed by atoms with van der Waals surface area (Å²) < 4.78 is 28.1. The van der Waals surface area contributed by atoms with Gasteiger partial charge in [-0.25, -0.2) is 4.21 Å². The molecule has 11 heteroatoms. The van der Waals surface area contributed by atoms with Crippen molar-refractivity contribution < 1.29 is 27.7 Å². The van der Waals surface area contributed by atoms with Crippen molar-refractivity contribution in [3.8, 4) is 11.1 Å². The highest BCUT2D eigenvalue weighted by atomic mass is 32.2. The van der Waals surface area contributed by atoms with Gasteiger partial charge in [0.1, 0.15) is 0 Å². The summed E-state index contributed by atoms with van der Waals surface area (Å²) in [7, 11) is -3.04. The highest BCUT2D eigenvalue weighted by molar-refractivity contribution is 7.93. The topological polar surface area (TPSA) is 131 Å². The lowest BCUT2D eigenvalue weighted by Gasteiger charge is -2.26. The van der Waals surface area contributed by atoms with E-state index in [0.29, 0.717) is 55.3 Å². The van der Waals surface area contributed by atoms with Crippen molar-refractivity contribution >= 4 is 33.1 Å². The number of aromatic nitrogens is 1. The molecule has 4 aromatic rings. The van der Waals surface area contributed by atoms with E-state index in [1.165, 1.54) is 18.7 Å². The van der Waals surface area contributed by atoms with Crippen LogP contribution in [0.5, 0.6) is 0 Å². The number of hydrogen-bond donors (Lipinski definition) is 1. The number of anilines is 1. The molecule has 0 saturated carbocycles. The minimum atomic E-state index is -3.04. The maximum atomic E-state index is 13.5. The molecule has 222 valence electrons. The predicted molar refractivity (Wildman–Crippen MR) is 162 cm³/mol. The first-order valence-corrected chi connectivity index (χ1v) is 15.7. The van der Waals surface area contributed by atoms with Crippen molar-refractivity contribution in [3.63, 3.8) is 0 Å². The Hall–Kier alpha value is -4.61. The third kappa shape index (κ3) is 7.43. The number of aryl methyl sites for hydroxylation is 2. The summed E-state index contributed by atoms with van der Waals surface area (Å²) >= 11 is 0. The molecule has 1 N–H and O–H groups in total. The fourth-order valence-corrected chi connectivity index (χ4v) is 5.85. The summed E-state index contributed by atoms with van der Waals surface area (Å²) in [5.74, 6) is -0.700. The van der Waals surface area contributed by atoms with E-state index in [4.69, 9.17) is 9.15 Å². The second-order valence-electron chi connectivity index (χ2n) is 10.3. The average Bonchev–Trinajstić information content (AvgIpc) is 3.46. The van der Waals surface area contributed by atoms with Crippen LogP contribution in [-0.4, -0.2) is 64.4 Å². The third-order valence-electron chi connectivity index (χ3n) is 7.12. The molecule has 10 nitrogen and oxygen atoms in total. The molecule has 2 aromatic carbocycles. The Morgan fingerprint density at radius 3 is 2.49 bits per heavy atom. The summed E-state index contributed by atoms with van der Waals surface area (Å²) in [5, 5.41) is 2.81. The largest absolute Gasteiger partial charge is 0.459 e. The number of nitrogens with one attached hydrogen (secondary N) is 1. The molecule has 3 amide bonds. The summed E-state index contributed by atoms with van der Waals surface area (Å²) in [6, 6.07) is 17.5. The summed E-state index contributed by atoms with van der Waals surface area (Å²) in [6.07, 6.45) is 6.80. The number of amides is 3. The van der Waals surface area contributed by atoms with Gasteiger partial charge in [0.25, 0.3) is 11.8 Å². The fraction of sp³-hybridized carbons (Fsp3) is 0.250. The second kappa shape index (κ2) is 13.1. The lowest BCUT2D eigenvalue weighted by Crippen LogP contribution is -2.40. The Morgan fingerprint density at radius 2 is 1.77 bits per heavy atom. The molecule has 2 aromatic heterocycles. The molecular weight excluding hydrogens is 568 g/mol. The standard InChI is InChI=1S/C32H32N4O6S/c1-22-12-15-42-30(22)32(39)34-27-5-3-4-24(19-27)25-18-26(21-33-20-25)31(38)35-43(2,40)28-9-6-23(7-10-28)8-11-29(37)36-13-16-41-17-14-36/h3-7,9-10,12,15,18-21H,8,11,13-14,16-17H2,1-2H3,(H,34,39). The number of pyridine rings is 1. The van der Waals surface area contributed by atoms with Crippen LogP contribution in [0, 0.1) is 6.92 Å². The first-order chi connectivity index (χ1) is 20.7. The first kappa shape index (κ1) is 29.9. The number of nitrogens with zero attached hydrogens (tertiary/aromatic N) is 3. The van der Waals surface area contributed by atoms with Gasteiger partial charge < -0.3 is 19.4 Å². The monoisotopic (exact) mass is 600 g/mol. The number of morpholine rings is 1. The van der Waals surface area contributed by atoms with E-state index in [-0.39, 0.29) is 23.1 Å². The zero-order valence-corrected chi connectivity index (χ0v) is 24.8. The SMILES string of the molecule is Cc1ccoc1C(=O)Nc1cccc(-c2cncc(C(=O)N=S(C)(=O)c3ccc(CCC(=O)N4CCOCC4)cc3)c2)c1. The number of hydrogen-bond acceptors (Lipinski definition) is 7. The van der Waals surface area contributed by atoms with Crippen molar-refractivity contribution in [2.45, 2.75) is 24.7 Å². The van der Waals surface area contributed by atoms with Crippen LogP contribution in [0.4, 0.5) is 5.69 Å². The van der Waals surface area contributed by atoms with E-state index in [1.54, 1.807) is 55.6 Å². The van der Waals surface area contributed by atoms with Gasteiger partial charge in [-0.2, -0.15) is 4.36 Å². The Kier molecular flexibility index (Phi) is 9.13. The lowest BCUT2D eigenvalue weighted by atomic mass is 10.1. The highest BCUT2D eigenvalue weighted by Gasteiger charge is 2.18. The highest BCUT2D eigenvalue weighted by Crippen LogP contribution is 2.24. The van der Waals surface area contributed by atoms with Gasteiger partial charge in [0, 0.05) is 59.9 Å². The fourth-order valence-electron chi connectivity index (χ4n) is 4.68. The zero-order valence-electron chi connectivity index (χ0n) is 23.9. The second-order valence-corrected chi connectivity index (χ2v) is 12.5.